The minimum atomic E-state index is -0.769. The smallest absolute Gasteiger partial charge is 0.258 e. The molecule has 1 amide bonds. The summed E-state index contributed by atoms with van der Waals surface area (Å²) in [6, 6.07) is 5.61. The summed E-state index contributed by atoms with van der Waals surface area (Å²) in [4.78, 5) is 16.6. The van der Waals surface area contributed by atoms with Crippen molar-refractivity contribution in [3.8, 4) is 11.9 Å². The molecule has 0 aromatic carbocycles. The van der Waals surface area contributed by atoms with E-state index in [1.165, 1.54) is 0 Å². The van der Waals surface area contributed by atoms with E-state index in [0.29, 0.717) is 31.6 Å². The zero-order chi connectivity index (χ0) is 15.8. The first-order chi connectivity index (χ1) is 10.7. The Hall–Kier alpha value is -2.13. The molecule has 6 nitrogen and oxygen atoms in total. The molecule has 0 spiro atoms. The Morgan fingerprint density at radius 1 is 1.41 bits per heavy atom. The number of hydrogen-bond donors (Lipinski definition) is 1. The van der Waals surface area contributed by atoms with E-state index in [0.717, 1.165) is 19.3 Å². The van der Waals surface area contributed by atoms with Gasteiger partial charge in [-0.05, 0) is 25.0 Å². The quantitative estimate of drug-likeness (QED) is 0.813. The molecular weight excluding hydrogens is 282 g/mol. The predicted octanol–water partition coefficient (Wildman–Crippen LogP) is 2.06. The van der Waals surface area contributed by atoms with Crippen LogP contribution in [0.5, 0.6) is 5.88 Å². The highest BCUT2D eigenvalue weighted by Gasteiger charge is 2.34. The number of hydrogen-bond acceptors (Lipinski definition) is 5. The summed E-state index contributed by atoms with van der Waals surface area (Å²) in [7, 11) is 1.58. The van der Waals surface area contributed by atoms with Gasteiger partial charge < -0.3 is 14.8 Å². The molecule has 1 aromatic rings. The lowest BCUT2D eigenvalue weighted by atomic mass is 9.82. The van der Waals surface area contributed by atoms with Gasteiger partial charge in [0.15, 0.2) is 0 Å². The summed E-state index contributed by atoms with van der Waals surface area (Å²) >= 11 is 0. The molecule has 0 aliphatic heterocycles. The maximum Gasteiger partial charge on any atom is 0.258 e. The Morgan fingerprint density at radius 2 is 2.18 bits per heavy atom. The van der Waals surface area contributed by atoms with Gasteiger partial charge in [-0.2, -0.15) is 5.26 Å². The Balaban J connectivity index is 2.10. The van der Waals surface area contributed by atoms with Crippen molar-refractivity contribution in [1.29, 1.82) is 5.26 Å². The van der Waals surface area contributed by atoms with E-state index in [1.807, 2.05) is 0 Å². The molecule has 22 heavy (non-hydrogen) atoms. The zero-order valence-corrected chi connectivity index (χ0v) is 12.8. The molecule has 1 aliphatic rings. The van der Waals surface area contributed by atoms with Crippen LogP contribution in [-0.4, -0.2) is 36.8 Å². The number of carbonyl (C=O) groups is 1. The van der Waals surface area contributed by atoms with Crippen LogP contribution in [0, 0.1) is 11.3 Å². The molecule has 0 atom stereocenters. The van der Waals surface area contributed by atoms with Crippen LogP contribution in [0.1, 0.15) is 42.5 Å². The van der Waals surface area contributed by atoms with Crippen LogP contribution in [0.25, 0.3) is 0 Å². The van der Waals surface area contributed by atoms with E-state index in [9.17, 15) is 10.1 Å². The first-order valence-corrected chi connectivity index (χ1v) is 7.51. The second-order valence-electron chi connectivity index (χ2n) is 5.41. The maximum absolute atomic E-state index is 12.5. The number of ether oxygens (including phenoxy) is 2. The molecule has 2 rings (SSSR count). The predicted molar refractivity (Wildman–Crippen MR) is 80.5 cm³/mol. The number of nitriles is 1. The molecule has 1 heterocycles. The van der Waals surface area contributed by atoms with E-state index >= 15 is 0 Å². The first kappa shape index (κ1) is 16.2. The van der Waals surface area contributed by atoms with E-state index in [-0.39, 0.29) is 11.8 Å². The summed E-state index contributed by atoms with van der Waals surface area (Å²) in [6.45, 7) is 0.733. The van der Waals surface area contributed by atoms with Crippen molar-refractivity contribution in [3.63, 3.8) is 0 Å². The van der Waals surface area contributed by atoms with E-state index < -0.39 is 5.54 Å². The highest BCUT2D eigenvalue weighted by Crippen LogP contribution is 2.28. The fourth-order valence-corrected chi connectivity index (χ4v) is 2.61. The van der Waals surface area contributed by atoms with Gasteiger partial charge in [0, 0.05) is 13.3 Å². The van der Waals surface area contributed by atoms with Gasteiger partial charge >= 0.3 is 0 Å². The average molecular weight is 303 g/mol. The molecule has 1 aromatic heterocycles. The molecule has 0 unspecified atom stereocenters. The van der Waals surface area contributed by atoms with Crippen molar-refractivity contribution in [3.05, 3.63) is 23.9 Å². The molecule has 1 aliphatic carbocycles. The van der Waals surface area contributed by atoms with Crippen molar-refractivity contribution in [1.82, 2.24) is 10.3 Å². The van der Waals surface area contributed by atoms with Crippen LogP contribution in [0.15, 0.2) is 18.3 Å². The first-order valence-electron chi connectivity index (χ1n) is 7.51. The number of amides is 1. The van der Waals surface area contributed by atoms with E-state index in [1.54, 1.807) is 25.4 Å². The number of nitrogens with one attached hydrogen (secondary N) is 1. The molecule has 1 fully saturated rings. The van der Waals surface area contributed by atoms with E-state index in [4.69, 9.17) is 9.47 Å². The van der Waals surface area contributed by atoms with Gasteiger partial charge in [0.05, 0.1) is 12.7 Å². The van der Waals surface area contributed by atoms with Crippen LogP contribution in [0.2, 0.25) is 0 Å². The third kappa shape index (κ3) is 3.95. The van der Waals surface area contributed by atoms with Crippen LogP contribution >= 0.6 is 0 Å². The standard InChI is InChI=1S/C16H21N3O3/c1-21-10-11-22-15-13(6-5-9-18-15)14(20)19-16(12-17)7-3-2-4-8-16/h5-6,9H,2-4,7-8,10-11H2,1H3,(H,19,20). The molecule has 6 heteroatoms. The highest BCUT2D eigenvalue weighted by molar-refractivity contribution is 5.97. The van der Waals surface area contributed by atoms with Crippen molar-refractivity contribution in [2.75, 3.05) is 20.3 Å². The molecular formula is C16H21N3O3. The lowest BCUT2D eigenvalue weighted by molar-refractivity contribution is 0.0893. The number of nitrogens with zero attached hydrogens (tertiary/aromatic N) is 2. The largest absolute Gasteiger partial charge is 0.475 e. The lowest BCUT2D eigenvalue weighted by Gasteiger charge is -2.31. The maximum atomic E-state index is 12.5. The lowest BCUT2D eigenvalue weighted by Crippen LogP contribution is -2.48. The Kier molecular flexibility index (Phi) is 5.73. The number of carbonyl (C=O) groups excluding carboxylic acids is 1. The normalized spacial score (nSPS) is 16.5. The Morgan fingerprint density at radius 3 is 2.86 bits per heavy atom. The fraction of sp³-hybridized carbons (Fsp3) is 0.562. The minimum absolute atomic E-state index is 0.265. The van der Waals surface area contributed by atoms with Gasteiger partial charge in [-0.1, -0.05) is 19.3 Å². The molecule has 1 saturated carbocycles. The third-order valence-electron chi connectivity index (χ3n) is 3.82. The van der Waals surface area contributed by atoms with Crippen LogP contribution in [0.3, 0.4) is 0 Å². The molecule has 0 radical (unpaired) electrons. The van der Waals surface area contributed by atoms with Crippen molar-refractivity contribution < 1.29 is 14.3 Å². The third-order valence-corrected chi connectivity index (χ3v) is 3.82. The Bertz CT molecular complexity index is 548. The van der Waals surface area contributed by atoms with Crippen molar-refractivity contribution in [2.45, 2.75) is 37.6 Å². The van der Waals surface area contributed by atoms with Crippen LogP contribution in [0.4, 0.5) is 0 Å². The second-order valence-corrected chi connectivity index (χ2v) is 5.41. The van der Waals surface area contributed by atoms with Gasteiger partial charge in [-0.25, -0.2) is 4.98 Å². The van der Waals surface area contributed by atoms with Gasteiger partial charge in [-0.3, -0.25) is 4.79 Å². The van der Waals surface area contributed by atoms with Crippen molar-refractivity contribution in [2.24, 2.45) is 0 Å². The molecule has 1 N–H and O–H groups in total. The van der Waals surface area contributed by atoms with Gasteiger partial charge in [0.25, 0.3) is 5.91 Å². The van der Waals surface area contributed by atoms with Gasteiger partial charge in [0.1, 0.15) is 17.7 Å². The average Bonchev–Trinajstić information content (AvgIpc) is 2.56. The fourth-order valence-electron chi connectivity index (χ4n) is 2.61. The summed E-state index contributed by atoms with van der Waals surface area (Å²) in [5.74, 6) is -0.0510. The molecule has 0 bridgehead atoms. The minimum Gasteiger partial charge on any atom is -0.475 e. The summed E-state index contributed by atoms with van der Waals surface area (Å²) in [5, 5.41) is 12.3. The monoisotopic (exact) mass is 303 g/mol. The number of pyridine rings is 1. The highest BCUT2D eigenvalue weighted by atomic mass is 16.5. The number of rotatable bonds is 6. The summed E-state index contributed by atoms with van der Waals surface area (Å²) in [5.41, 5.74) is -0.423. The van der Waals surface area contributed by atoms with Crippen LogP contribution < -0.4 is 10.1 Å². The summed E-state index contributed by atoms with van der Waals surface area (Å²) < 4.78 is 10.4. The van der Waals surface area contributed by atoms with Crippen LogP contribution in [-0.2, 0) is 4.74 Å². The zero-order valence-electron chi connectivity index (χ0n) is 12.8. The number of aromatic nitrogens is 1. The topological polar surface area (TPSA) is 84.2 Å². The van der Waals surface area contributed by atoms with Crippen molar-refractivity contribution >= 4 is 5.91 Å². The van der Waals surface area contributed by atoms with Gasteiger partial charge in [0.2, 0.25) is 5.88 Å². The SMILES string of the molecule is COCCOc1ncccc1C(=O)NC1(C#N)CCCCC1. The molecule has 118 valence electrons. The number of methoxy groups -OCH3 is 1. The molecule has 0 saturated heterocycles. The second kappa shape index (κ2) is 7.76. The van der Waals surface area contributed by atoms with E-state index in [2.05, 4.69) is 16.4 Å². The van der Waals surface area contributed by atoms with Gasteiger partial charge in [-0.15, -0.1) is 0 Å². The summed E-state index contributed by atoms with van der Waals surface area (Å²) in [6.07, 6.45) is 5.97. The Labute approximate surface area is 130 Å².